The Balaban J connectivity index is 1.29. The first-order valence-electron chi connectivity index (χ1n) is 12.3. The minimum absolute atomic E-state index is 0.0222. The van der Waals surface area contributed by atoms with Crippen LogP contribution in [0.4, 0.5) is 11.4 Å². The predicted molar refractivity (Wildman–Crippen MR) is 149 cm³/mol. The summed E-state index contributed by atoms with van der Waals surface area (Å²) in [4.78, 5) is 0. The van der Waals surface area contributed by atoms with Gasteiger partial charge in [0.25, 0.3) is 0 Å². The summed E-state index contributed by atoms with van der Waals surface area (Å²) in [5.74, 6) is 0. The fraction of sp³-hybridized carbons (Fsp3) is 0.0909. The molecule has 0 bridgehead atoms. The minimum atomic E-state index is 0.0222. The first-order valence-corrected chi connectivity index (χ1v) is 13.1. The molecule has 1 aromatic heterocycles. The topological polar surface area (TPSA) is 12.0 Å². The Bertz CT molecular complexity index is 1770. The van der Waals surface area contributed by atoms with Crippen molar-refractivity contribution in [1.82, 2.24) is 0 Å². The van der Waals surface area contributed by atoms with Gasteiger partial charge in [-0.15, -0.1) is 11.3 Å². The molecule has 5 aromatic carbocycles. The average Bonchev–Trinajstić information content (AvgIpc) is 3.55. The van der Waals surface area contributed by atoms with Crippen LogP contribution in [0.5, 0.6) is 0 Å². The van der Waals surface area contributed by atoms with Crippen molar-refractivity contribution < 1.29 is 0 Å². The Morgan fingerprint density at radius 2 is 1.31 bits per heavy atom. The van der Waals surface area contributed by atoms with E-state index in [9.17, 15) is 0 Å². The third kappa shape index (κ3) is 2.69. The van der Waals surface area contributed by atoms with Crippen LogP contribution in [0, 0.1) is 0 Å². The van der Waals surface area contributed by atoms with Crippen molar-refractivity contribution in [3.63, 3.8) is 0 Å². The number of benzene rings is 5. The summed E-state index contributed by atoms with van der Waals surface area (Å²) in [6.07, 6.45) is 2.14. The lowest BCUT2D eigenvalue weighted by Gasteiger charge is -2.27. The lowest BCUT2D eigenvalue weighted by molar-refractivity contribution is 0.564. The number of nitrogens with one attached hydrogen (secondary N) is 1. The van der Waals surface area contributed by atoms with Gasteiger partial charge in [-0.3, -0.25) is 0 Å². The van der Waals surface area contributed by atoms with Crippen molar-refractivity contribution in [2.45, 2.75) is 18.3 Å². The average molecular weight is 466 g/mol. The second-order valence-corrected chi connectivity index (χ2v) is 11.0. The van der Waals surface area contributed by atoms with Crippen LogP contribution in [0.25, 0.3) is 31.3 Å². The van der Waals surface area contributed by atoms with Gasteiger partial charge in [0.15, 0.2) is 0 Å². The van der Waals surface area contributed by atoms with Crippen molar-refractivity contribution in [2.75, 3.05) is 5.32 Å². The van der Waals surface area contributed by atoms with Crippen molar-refractivity contribution >= 4 is 42.9 Å². The second-order valence-electron chi connectivity index (χ2n) is 9.91. The lowest BCUT2D eigenvalue weighted by atomic mass is 9.75. The molecule has 166 valence electrons. The molecule has 0 unspecified atom stereocenters. The van der Waals surface area contributed by atoms with Gasteiger partial charge in [0.2, 0.25) is 0 Å². The Morgan fingerprint density at radius 3 is 2.20 bits per heavy atom. The van der Waals surface area contributed by atoms with Crippen molar-refractivity contribution in [3.05, 3.63) is 131 Å². The summed E-state index contributed by atoms with van der Waals surface area (Å²) in [5.41, 5.74) is 11.1. The van der Waals surface area contributed by atoms with Gasteiger partial charge in [-0.2, -0.15) is 0 Å². The molecule has 0 amide bonds. The quantitative estimate of drug-likeness (QED) is 0.269. The molecule has 2 aliphatic rings. The maximum Gasteiger partial charge on any atom is 0.0478 e. The standard InChI is InChI=1S/C33H23NS/c1-2-9-22-20-33(19-21(22)8-1)27-12-5-3-10-24(27)25-17-16-23(18-28(25)33)34-29-13-7-15-31-32(29)26-11-4-6-14-30(26)35-31/h1-18,34H,19-20H2. The number of fused-ring (bicyclic) bond motifs is 9. The minimum Gasteiger partial charge on any atom is -0.355 e. The molecule has 1 spiro atoms. The first-order chi connectivity index (χ1) is 17.3. The summed E-state index contributed by atoms with van der Waals surface area (Å²) in [5, 5.41) is 6.46. The highest BCUT2D eigenvalue weighted by Gasteiger charge is 2.46. The number of anilines is 2. The van der Waals surface area contributed by atoms with Gasteiger partial charge < -0.3 is 5.32 Å². The van der Waals surface area contributed by atoms with Gasteiger partial charge in [0.05, 0.1) is 0 Å². The highest BCUT2D eigenvalue weighted by molar-refractivity contribution is 7.25. The highest BCUT2D eigenvalue weighted by atomic mass is 32.1. The molecule has 8 rings (SSSR count). The molecule has 0 radical (unpaired) electrons. The van der Waals surface area contributed by atoms with Gasteiger partial charge in [-0.1, -0.05) is 78.9 Å². The zero-order chi connectivity index (χ0) is 23.0. The molecular formula is C33H23NS. The molecule has 1 N–H and O–H groups in total. The molecule has 0 aliphatic heterocycles. The number of hydrogen-bond acceptors (Lipinski definition) is 2. The molecule has 0 saturated carbocycles. The normalized spacial score (nSPS) is 14.9. The van der Waals surface area contributed by atoms with Crippen molar-refractivity contribution in [3.8, 4) is 11.1 Å². The van der Waals surface area contributed by atoms with Crippen LogP contribution >= 0.6 is 11.3 Å². The Labute approximate surface area is 208 Å². The van der Waals surface area contributed by atoms with E-state index in [0.29, 0.717) is 0 Å². The zero-order valence-electron chi connectivity index (χ0n) is 19.2. The van der Waals surface area contributed by atoms with E-state index < -0.39 is 0 Å². The molecule has 2 heteroatoms. The van der Waals surface area contributed by atoms with E-state index in [4.69, 9.17) is 0 Å². The van der Waals surface area contributed by atoms with Crippen LogP contribution in [0.2, 0.25) is 0 Å². The van der Waals surface area contributed by atoms with E-state index >= 15 is 0 Å². The number of thiophene rings is 1. The van der Waals surface area contributed by atoms with E-state index in [2.05, 4.69) is 115 Å². The van der Waals surface area contributed by atoms with Gasteiger partial charge in [-0.25, -0.2) is 0 Å². The zero-order valence-corrected chi connectivity index (χ0v) is 20.0. The predicted octanol–water partition coefficient (Wildman–Crippen LogP) is 8.86. The summed E-state index contributed by atoms with van der Waals surface area (Å²) >= 11 is 1.87. The van der Waals surface area contributed by atoms with Crippen LogP contribution < -0.4 is 5.32 Å². The van der Waals surface area contributed by atoms with Crippen LogP contribution in [0.1, 0.15) is 22.3 Å². The van der Waals surface area contributed by atoms with E-state index in [0.717, 1.165) is 18.5 Å². The fourth-order valence-electron chi connectivity index (χ4n) is 6.56. The van der Waals surface area contributed by atoms with E-state index in [-0.39, 0.29) is 5.41 Å². The fourth-order valence-corrected chi connectivity index (χ4v) is 7.70. The molecule has 0 fully saturated rings. The van der Waals surface area contributed by atoms with E-state index in [1.54, 1.807) is 0 Å². The third-order valence-corrected chi connectivity index (χ3v) is 9.19. The van der Waals surface area contributed by atoms with Crippen molar-refractivity contribution in [1.29, 1.82) is 0 Å². The second kappa shape index (κ2) is 7.07. The van der Waals surface area contributed by atoms with Crippen molar-refractivity contribution in [2.24, 2.45) is 0 Å². The summed E-state index contributed by atoms with van der Waals surface area (Å²) in [6, 6.07) is 40.4. The molecule has 35 heavy (non-hydrogen) atoms. The van der Waals surface area contributed by atoms with Crippen LogP contribution in [0.15, 0.2) is 109 Å². The molecule has 2 aliphatic carbocycles. The van der Waals surface area contributed by atoms with E-state index in [1.165, 1.54) is 59.2 Å². The monoisotopic (exact) mass is 465 g/mol. The molecule has 0 atom stereocenters. The first kappa shape index (κ1) is 19.4. The Morgan fingerprint density at radius 1 is 0.600 bits per heavy atom. The molecule has 1 heterocycles. The third-order valence-electron chi connectivity index (χ3n) is 8.05. The van der Waals surface area contributed by atoms with Gasteiger partial charge in [-0.05, 0) is 76.6 Å². The SMILES string of the molecule is c1ccc2c(c1)CC1(C2)c2ccccc2-c2ccc(Nc3cccc4sc5ccccc5c34)cc21. The molecule has 0 saturated heterocycles. The largest absolute Gasteiger partial charge is 0.355 e. The van der Waals surface area contributed by atoms with Crippen LogP contribution in [0.3, 0.4) is 0 Å². The maximum atomic E-state index is 3.82. The Kier molecular flexibility index (Phi) is 3.92. The molecule has 6 aromatic rings. The number of rotatable bonds is 2. The summed E-state index contributed by atoms with van der Waals surface area (Å²) < 4.78 is 2.66. The van der Waals surface area contributed by atoms with Gasteiger partial charge in [0, 0.05) is 37.0 Å². The summed E-state index contributed by atoms with van der Waals surface area (Å²) in [7, 11) is 0. The molecule has 1 nitrogen and oxygen atoms in total. The highest BCUT2D eigenvalue weighted by Crippen LogP contribution is 2.56. The van der Waals surface area contributed by atoms with Gasteiger partial charge in [0.1, 0.15) is 0 Å². The van der Waals surface area contributed by atoms with E-state index in [1.807, 2.05) is 11.3 Å². The maximum absolute atomic E-state index is 3.82. The van der Waals surface area contributed by atoms with Crippen LogP contribution in [-0.4, -0.2) is 0 Å². The smallest absolute Gasteiger partial charge is 0.0478 e. The molecular weight excluding hydrogens is 442 g/mol. The summed E-state index contributed by atoms with van der Waals surface area (Å²) in [6.45, 7) is 0. The van der Waals surface area contributed by atoms with Crippen LogP contribution in [-0.2, 0) is 18.3 Å². The van der Waals surface area contributed by atoms with Gasteiger partial charge >= 0.3 is 0 Å². The Hall–Kier alpha value is -3.88. The number of hydrogen-bond donors (Lipinski definition) is 1. The lowest BCUT2D eigenvalue weighted by Crippen LogP contribution is -2.25.